The fourth-order valence-electron chi connectivity index (χ4n) is 4.89. The Morgan fingerprint density at radius 2 is 1.59 bits per heavy atom. The van der Waals surface area contributed by atoms with Crippen molar-refractivity contribution in [3.63, 3.8) is 0 Å². The number of carbonyl (C=O) groups is 2. The Balaban J connectivity index is 1.99. The van der Waals surface area contributed by atoms with Gasteiger partial charge in [-0.05, 0) is 59.7 Å². The van der Waals surface area contributed by atoms with Crippen LogP contribution in [0.1, 0.15) is 54.6 Å². The molecule has 1 amide bonds. The number of ether oxygens (including phenoxy) is 2. The predicted molar refractivity (Wildman–Crippen MR) is 145 cm³/mol. The molecule has 37 heavy (non-hydrogen) atoms. The highest BCUT2D eigenvalue weighted by molar-refractivity contribution is 6.51. The monoisotopic (exact) mass is 499 g/mol. The zero-order valence-corrected chi connectivity index (χ0v) is 22.4. The number of aliphatic hydroxyl groups excluding tert-OH is 1. The van der Waals surface area contributed by atoms with Crippen LogP contribution in [0.4, 0.5) is 5.69 Å². The second-order valence-corrected chi connectivity index (χ2v) is 10.4. The van der Waals surface area contributed by atoms with E-state index in [-0.39, 0.29) is 16.7 Å². The summed E-state index contributed by atoms with van der Waals surface area (Å²) in [6.45, 7) is 10.1. The molecule has 1 fully saturated rings. The number of rotatable bonds is 5. The standard InChI is InChI=1S/C31H33NO5/c1-18-15-19(2)29(37-7)24(16-18)27(33)25-26(20-11-13-21(14-12-20)31(3,4)5)32(30(35)28(25)34)22-9-8-10-23(17-22)36-6/h8-17,26,33H,1-7H3/b27-25+. The fourth-order valence-corrected chi connectivity index (χ4v) is 4.89. The minimum atomic E-state index is -0.841. The molecule has 3 aromatic rings. The van der Waals surface area contributed by atoms with Crippen molar-refractivity contribution in [1.29, 1.82) is 0 Å². The van der Waals surface area contributed by atoms with E-state index in [4.69, 9.17) is 9.47 Å². The summed E-state index contributed by atoms with van der Waals surface area (Å²) < 4.78 is 11.0. The summed E-state index contributed by atoms with van der Waals surface area (Å²) in [5, 5.41) is 11.6. The fraction of sp³-hybridized carbons (Fsp3) is 0.290. The van der Waals surface area contributed by atoms with E-state index in [0.717, 1.165) is 16.7 Å². The number of hydrogen-bond acceptors (Lipinski definition) is 5. The van der Waals surface area contributed by atoms with Crippen LogP contribution in [-0.2, 0) is 15.0 Å². The van der Waals surface area contributed by atoms with Crippen molar-refractivity contribution in [2.24, 2.45) is 0 Å². The summed E-state index contributed by atoms with van der Waals surface area (Å²) >= 11 is 0. The van der Waals surface area contributed by atoms with E-state index >= 15 is 0 Å². The molecule has 1 heterocycles. The molecule has 1 atom stereocenters. The summed E-state index contributed by atoms with van der Waals surface area (Å²) in [6.07, 6.45) is 0. The third-order valence-corrected chi connectivity index (χ3v) is 6.75. The highest BCUT2D eigenvalue weighted by Gasteiger charge is 2.47. The molecule has 0 spiro atoms. The van der Waals surface area contributed by atoms with Gasteiger partial charge < -0.3 is 14.6 Å². The number of nitrogens with zero attached hydrogens (tertiary/aromatic N) is 1. The van der Waals surface area contributed by atoms with Gasteiger partial charge in [-0.25, -0.2) is 0 Å². The lowest BCUT2D eigenvalue weighted by Crippen LogP contribution is -2.29. The molecular formula is C31H33NO5. The lowest BCUT2D eigenvalue weighted by molar-refractivity contribution is -0.132. The maximum absolute atomic E-state index is 13.6. The normalized spacial score (nSPS) is 17.3. The highest BCUT2D eigenvalue weighted by atomic mass is 16.5. The number of amides is 1. The zero-order chi connectivity index (χ0) is 27.1. The Hall–Kier alpha value is -4.06. The van der Waals surface area contributed by atoms with Crippen LogP contribution < -0.4 is 14.4 Å². The van der Waals surface area contributed by atoms with E-state index in [0.29, 0.717) is 28.3 Å². The maximum Gasteiger partial charge on any atom is 0.300 e. The Morgan fingerprint density at radius 3 is 2.19 bits per heavy atom. The molecule has 0 bridgehead atoms. The molecule has 6 nitrogen and oxygen atoms in total. The molecule has 1 aliphatic heterocycles. The summed E-state index contributed by atoms with van der Waals surface area (Å²) in [7, 11) is 3.06. The van der Waals surface area contributed by atoms with Crippen LogP contribution in [0.3, 0.4) is 0 Å². The summed E-state index contributed by atoms with van der Waals surface area (Å²) in [5.74, 6) is -0.735. The number of methoxy groups -OCH3 is 2. The Kier molecular flexibility index (Phi) is 6.87. The van der Waals surface area contributed by atoms with Gasteiger partial charge in [-0.1, -0.05) is 57.2 Å². The van der Waals surface area contributed by atoms with Gasteiger partial charge in [-0.2, -0.15) is 0 Å². The van der Waals surface area contributed by atoms with E-state index < -0.39 is 17.7 Å². The number of ketones is 1. The van der Waals surface area contributed by atoms with E-state index in [9.17, 15) is 14.7 Å². The van der Waals surface area contributed by atoms with Gasteiger partial charge in [-0.3, -0.25) is 14.5 Å². The molecule has 6 heteroatoms. The molecule has 1 unspecified atom stereocenters. The van der Waals surface area contributed by atoms with E-state index in [2.05, 4.69) is 20.8 Å². The summed E-state index contributed by atoms with van der Waals surface area (Å²) in [6, 6.07) is 17.7. The highest BCUT2D eigenvalue weighted by Crippen LogP contribution is 2.44. The number of aliphatic hydroxyl groups is 1. The summed E-state index contributed by atoms with van der Waals surface area (Å²) in [5.41, 5.74) is 4.35. The lowest BCUT2D eigenvalue weighted by atomic mass is 9.85. The first-order valence-corrected chi connectivity index (χ1v) is 12.2. The molecular weight excluding hydrogens is 466 g/mol. The van der Waals surface area contributed by atoms with E-state index in [1.165, 1.54) is 12.0 Å². The Labute approximate surface area is 218 Å². The van der Waals surface area contributed by atoms with Crippen molar-refractivity contribution in [1.82, 2.24) is 0 Å². The van der Waals surface area contributed by atoms with E-state index in [1.807, 2.05) is 44.2 Å². The molecule has 4 rings (SSSR count). The number of hydrogen-bond donors (Lipinski definition) is 1. The second kappa shape index (κ2) is 9.77. The minimum Gasteiger partial charge on any atom is -0.507 e. The largest absolute Gasteiger partial charge is 0.507 e. The smallest absolute Gasteiger partial charge is 0.300 e. The van der Waals surface area contributed by atoms with Crippen molar-refractivity contribution < 1.29 is 24.2 Å². The van der Waals surface area contributed by atoms with Gasteiger partial charge in [0.05, 0.1) is 31.4 Å². The molecule has 1 N–H and O–H groups in total. The van der Waals surface area contributed by atoms with Crippen LogP contribution in [0, 0.1) is 13.8 Å². The van der Waals surface area contributed by atoms with Gasteiger partial charge in [0, 0.05) is 11.8 Å². The maximum atomic E-state index is 13.6. The first kappa shape index (κ1) is 26.0. The lowest BCUT2D eigenvalue weighted by Gasteiger charge is -2.27. The van der Waals surface area contributed by atoms with Crippen LogP contribution in [0.15, 0.2) is 66.2 Å². The molecule has 0 radical (unpaired) electrons. The SMILES string of the molecule is COc1cccc(N2C(=O)C(=O)/C(=C(/O)c3cc(C)cc(C)c3OC)C2c2ccc(C(C)(C)C)cc2)c1. The molecule has 0 saturated carbocycles. The first-order chi connectivity index (χ1) is 17.5. The first-order valence-electron chi connectivity index (χ1n) is 12.2. The van der Waals surface area contributed by atoms with Gasteiger partial charge in [-0.15, -0.1) is 0 Å². The van der Waals surface area contributed by atoms with Crippen molar-refractivity contribution in [2.75, 3.05) is 19.1 Å². The van der Waals surface area contributed by atoms with Crippen molar-refractivity contribution in [2.45, 2.75) is 46.1 Å². The second-order valence-electron chi connectivity index (χ2n) is 10.4. The van der Waals surface area contributed by atoms with Crippen molar-refractivity contribution in [3.8, 4) is 11.5 Å². The van der Waals surface area contributed by atoms with Crippen molar-refractivity contribution >= 4 is 23.1 Å². The minimum absolute atomic E-state index is 0.0135. The number of aryl methyl sites for hydroxylation is 2. The van der Waals surface area contributed by atoms with Crippen molar-refractivity contribution in [3.05, 3.63) is 94.1 Å². The van der Waals surface area contributed by atoms with Crippen LogP contribution in [0.25, 0.3) is 5.76 Å². The van der Waals surface area contributed by atoms with Crippen LogP contribution in [0.5, 0.6) is 11.5 Å². The molecule has 192 valence electrons. The molecule has 1 saturated heterocycles. The van der Waals surface area contributed by atoms with Crippen LogP contribution in [-0.4, -0.2) is 31.0 Å². The zero-order valence-electron chi connectivity index (χ0n) is 22.4. The molecule has 0 aromatic heterocycles. The number of benzene rings is 3. The number of anilines is 1. The Bertz CT molecular complexity index is 1400. The van der Waals surface area contributed by atoms with Gasteiger partial charge in [0.25, 0.3) is 11.7 Å². The number of carbonyl (C=O) groups excluding carboxylic acids is 2. The molecule has 0 aliphatic carbocycles. The number of Topliss-reactive ketones (excluding diaryl/α,β-unsaturated/α-hetero) is 1. The topological polar surface area (TPSA) is 76.1 Å². The van der Waals surface area contributed by atoms with Gasteiger partial charge in [0.1, 0.15) is 17.3 Å². The van der Waals surface area contributed by atoms with Crippen LogP contribution >= 0.6 is 0 Å². The summed E-state index contributed by atoms with van der Waals surface area (Å²) in [4.78, 5) is 28.5. The van der Waals surface area contributed by atoms with Crippen LogP contribution in [0.2, 0.25) is 0 Å². The quantitative estimate of drug-likeness (QED) is 0.255. The van der Waals surface area contributed by atoms with E-state index in [1.54, 1.807) is 37.4 Å². The average Bonchev–Trinajstić information content (AvgIpc) is 3.13. The third-order valence-electron chi connectivity index (χ3n) is 6.75. The van der Waals surface area contributed by atoms with Gasteiger partial charge in [0.15, 0.2) is 0 Å². The van der Waals surface area contributed by atoms with Gasteiger partial charge in [0.2, 0.25) is 0 Å². The Morgan fingerprint density at radius 1 is 0.919 bits per heavy atom. The average molecular weight is 500 g/mol. The molecule has 1 aliphatic rings. The molecule has 3 aromatic carbocycles. The third kappa shape index (κ3) is 4.71. The van der Waals surface area contributed by atoms with Gasteiger partial charge >= 0.3 is 0 Å². The predicted octanol–water partition coefficient (Wildman–Crippen LogP) is 6.24.